The third-order valence-electron chi connectivity index (χ3n) is 2.71. The van der Waals surface area contributed by atoms with Crippen LogP contribution in [0.5, 0.6) is 17.2 Å². The van der Waals surface area contributed by atoms with E-state index in [0.29, 0.717) is 17.2 Å². The second-order valence-electron chi connectivity index (χ2n) is 3.71. The van der Waals surface area contributed by atoms with Crippen LogP contribution in [-0.4, -0.2) is 21.3 Å². The molecule has 0 aliphatic carbocycles. The van der Waals surface area contributed by atoms with Crippen molar-refractivity contribution in [1.82, 2.24) is 0 Å². The maximum atomic E-state index is 5.33. The van der Waals surface area contributed by atoms with Gasteiger partial charge in [-0.1, -0.05) is 18.2 Å². The van der Waals surface area contributed by atoms with Crippen molar-refractivity contribution in [1.29, 1.82) is 0 Å². The quantitative estimate of drug-likeness (QED) is 0.825. The monoisotopic (exact) mass is 243 g/mol. The first kappa shape index (κ1) is 12.3. The summed E-state index contributed by atoms with van der Waals surface area (Å²) in [5.74, 6) is 1.90. The minimum atomic E-state index is 0.601. The Bertz CT molecular complexity index is 496. The van der Waals surface area contributed by atoms with Gasteiger partial charge in [-0.2, -0.15) is 0 Å². The van der Waals surface area contributed by atoms with E-state index in [4.69, 9.17) is 14.2 Å². The molecular weight excluding hydrogens is 228 g/mol. The van der Waals surface area contributed by atoms with Crippen molar-refractivity contribution in [3.05, 3.63) is 42.5 Å². The fourth-order valence-electron chi connectivity index (χ4n) is 1.82. The van der Waals surface area contributed by atoms with E-state index in [1.165, 1.54) is 0 Å². The van der Waals surface area contributed by atoms with Crippen LogP contribution in [0.25, 0.3) is 11.1 Å². The van der Waals surface area contributed by atoms with Crippen LogP contribution in [0.3, 0.4) is 0 Å². The molecule has 93 valence electrons. The largest absolute Gasteiger partial charge is 0.493 e. The molecule has 3 nitrogen and oxygen atoms in total. The Kier molecular flexibility index (Phi) is 3.72. The number of benzene rings is 2. The smallest absolute Gasteiger partial charge is 0.203 e. The standard InChI is InChI=1S/C15H15O3/c1-16-13-9-12(11-7-5-4-6-8-11)10-14(17-2)15(13)18-3/h4-5,7-10H,1-3H3. The first-order valence-corrected chi connectivity index (χ1v) is 5.56. The minimum Gasteiger partial charge on any atom is -0.493 e. The van der Waals surface area contributed by atoms with E-state index in [9.17, 15) is 0 Å². The molecule has 18 heavy (non-hydrogen) atoms. The molecule has 0 aliphatic rings. The molecule has 0 fully saturated rings. The zero-order valence-electron chi connectivity index (χ0n) is 10.7. The fourth-order valence-corrected chi connectivity index (χ4v) is 1.82. The molecule has 0 amide bonds. The van der Waals surface area contributed by atoms with Gasteiger partial charge < -0.3 is 14.2 Å². The molecule has 2 aromatic carbocycles. The average molecular weight is 243 g/mol. The van der Waals surface area contributed by atoms with Gasteiger partial charge in [-0.25, -0.2) is 0 Å². The van der Waals surface area contributed by atoms with Crippen LogP contribution in [0.2, 0.25) is 0 Å². The van der Waals surface area contributed by atoms with Crippen LogP contribution in [0, 0.1) is 6.07 Å². The maximum Gasteiger partial charge on any atom is 0.203 e. The molecule has 0 bridgehead atoms. The summed E-state index contributed by atoms with van der Waals surface area (Å²) in [4.78, 5) is 0. The van der Waals surface area contributed by atoms with Crippen molar-refractivity contribution in [2.75, 3.05) is 21.3 Å². The third-order valence-corrected chi connectivity index (χ3v) is 2.71. The van der Waals surface area contributed by atoms with E-state index in [1.807, 2.05) is 36.4 Å². The summed E-state index contributed by atoms with van der Waals surface area (Å²) in [6, 6.07) is 14.6. The second-order valence-corrected chi connectivity index (χ2v) is 3.71. The van der Waals surface area contributed by atoms with Crippen LogP contribution in [0.1, 0.15) is 0 Å². The SMILES string of the molecule is COc1cc(-c2c[c]ccc2)cc(OC)c1OC. The first-order valence-electron chi connectivity index (χ1n) is 5.56. The molecule has 1 radical (unpaired) electrons. The number of rotatable bonds is 4. The topological polar surface area (TPSA) is 27.7 Å². The molecule has 2 aromatic rings. The molecule has 0 atom stereocenters. The number of hydrogen-bond donors (Lipinski definition) is 0. The van der Waals surface area contributed by atoms with E-state index in [2.05, 4.69) is 6.07 Å². The summed E-state index contributed by atoms with van der Waals surface area (Å²) in [6.07, 6.45) is 0. The summed E-state index contributed by atoms with van der Waals surface area (Å²) in [5.41, 5.74) is 2.05. The van der Waals surface area contributed by atoms with E-state index in [-0.39, 0.29) is 0 Å². The normalized spacial score (nSPS) is 9.94. The lowest BCUT2D eigenvalue weighted by Crippen LogP contribution is -1.95. The predicted molar refractivity (Wildman–Crippen MR) is 70.4 cm³/mol. The van der Waals surface area contributed by atoms with E-state index in [1.54, 1.807) is 21.3 Å². The molecule has 0 saturated carbocycles. The third kappa shape index (κ3) is 2.25. The molecule has 0 saturated heterocycles. The van der Waals surface area contributed by atoms with Crippen molar-refractivity contribution in [2.45, 2.75) is 0 Å². The molecule has 0 aliphatic heterocycles. The van der Waals surface area contributed by atoms with E-state index < -0.39 is 0 Å². The van der Waals surface area contributed by atoms with Gasteiger partial charge in [0.2, 0.25) is 5.75 Å². The number of hydrogen-bond acceptors (Lipinski definition) is 3. The highest BCUT2D eigenvalue weighted by atomic mass is 16.5. The lowest BCUT2D eigenvalue weighted by Gasteiger charge is -2.14. The van der Waals surface area contributed by atoms with Crippen molar-refractivity contribution in [3.8, 4) is 28.4 Å². The summed E-state index contributed by atoms with van der Waals surface area (Å²) in [6.45, 7) is 0. The number of methoxy groups -OCH3 is 3. The Labute approximate surface area is 107 Å². The lowest BCUT2D eigenvalue weighted by atomic mass is 10.0. The van der Waals surface area contributed by atoms with Gasteiger partial charge in [-0.3, -0.25) is 0 Å². The van der Waals surface area contributed by atoms with Crippen molar-refractivity contribution < 1.29 is 14.2 Å². The van der Waals surface area contributed by atoms with Crippen LogP contribution in [-0.2, 0) is 0 Å². The summed E-state index contributed by atoms with van der Waals surface area (Å²) in [5, 5.41) is 0. The fraction of sp³-hybridized carbons (Fsp3) is 0.200. The number of ether oxygens (including phenoxy) is 3. The molecule has 3 heteroatoms. The van der Waals surface area contributed by atoms with Gasteiger partial charge in [0.15, 0.2) is 11.5 Å². The Morgan fingerprint density at radius 2 is 1.56 bits per heavy atom. The Morgan fingerprint density at radius 1 is 0.889 bits per heavy atom. The lowest BCUT2D eigenvalue weighted by molar-refractivity contribution is 0.324. The average Bonchev–Trinajstić information content (AvgIpc) is 2.46. The van der Waals surface area contributed by atoms with Gasteiger partial charge in [0.1, 0.15) is 0 Å². The minimum absolute atomic E-state index is 0.601. The zero-order valence-corrected chi connectivity index (χ0v) is 10.7. The second kappa shape index (κ2) is 5.45. The van der Waals surface area contributed by atoms with Crippen molar-refractivity contribution in [2.24, 2.45) is 0 Å². The summed E-state index contributed by atoms with van der Waals surface area (Å²) < 4.78 is 15.9. The molecule has 2 rings (SSSR count). The molecule has 0 N–H and O–H groups in total. The highest BCUT2D eigenvalue weighted by molar-refractivity contribution is 5.70. The van der Waals surface area contributed by atoms with Crippen LogP contribution in [0.15, 0.2) is 36.4 Å². The molecule has 0 spiro atoms. The van der Waals surface area contributed by atoms with Gasteiger partial charge in [-0.15, -0.1) is 0 Å². The van der Waals surface area contributed by atoms with E-state index in [0.717, 1.165) is 11.1 Å². The first-order chi connectivity index (χ1) is 8.80. The zero-order chi connectivity index (χ0) is 13.0. The Morgan fingerprint density at radius 3 is 2.00 bits per heavy atom. The summed E-state index contributed by atoms with van der Waals surface area (Å²) in [7, 11) is 4.81. The van der Waals surface area contributed by atoms with Crippen LogP contribution in [0.4, 0.5) is 0 Å². The van der Waals surface area contributed by atoms with E-state index >= 15 is 0 Å². The van der Waals surface area contributed by atoms with Gasteiger partial charge in [0.25, 0.3) is 0 Å². The highest BCUT2D eigenvalue weighted by Crippen LogP contribution is 2.40. The van der Waals surface area contributed by atoms with Crippen molar-refractivity contribution >= 4 is 0 Å². The van der Waals surface area contributed by atoms with Crippen LogP contribution < -0.4 is 14.2 Å². The van der Waals surface area contributed by atoms with Crippen molar-refractivity contribution in [3.63, 3.8) is 0 Å². The molecule has 0 aromatic heterocycles. The molecular formula is C15H15O3. The van der Waals surface area contributed by atoms with Gasteiger partial charge >= 0.3 is 0 Å². The summed E-state index contributed by atoms with van der Waals surface area (Å²) >= 11 is 0. The van der Waals surface area contributed by atoms with Gasteiger partial charge in [0.05, 0.1) is 21.3 Å². The van der Waals surface area contributed by atoms with Gasteiger partial charge in [-0.05, 0) is 35.4 Å². The molecule has 0 heterocycles. The Hall–Kier alpha value is -2.16. The highest BCUT2D eigenvalue weighted by Gasteiger charge is 2.13. The Balaban J connectivity index is 2.57. The maximum absolute atomic E-state index is 5.33. The predicted octanol–water partition coefficient (Wildman–Crippen LogP) is 3.18. The van der Waals surface area contributed by atoms with Gasteiger partial charge in [0, 0.05) is 0 Å². The van der Waals surface area contributed by atoms with Crippen LogP contribution >= 0.6 is 0 Å². The molecule has 0 unspecified atom stereocenters.